The van der Waals surface area contributed by atoms with Gasteiger partial charge in [-0.05, 0) is 80.1 Å². The van der Waals surface area contributed by atoms with Crippen molar-refractivity contribution in [1.82, 2.24) is 34.3 Å². The molecule has 2 aromatic carbocycles. The molecule has 0 radical (unpaired) electrons. The summed E-state index contributed by atoms with van der Waals surface area (Å²) in [6.07, 6.45) is 6.23. The Hall–Kier alpha value is -4.27. The Morgan fingerprint density at radius 1 is 0.979 bits per heavy atom. The minimum absolute atomic E-state index is 0.155. The molecule has 1 atom stereocenters. The number of carbonyl (C=O) groups is 2. The third-order valence-electron chi connectivity index (χ3n) is 9.37. The third kappa shape index (κ3) is 6.90. The van der Waals surface area contributed by atoms with Gasteiger partial charge in [-0.2, -0.15) is 5.10 Å². The highest BCUT2D eigenvalue weighted by Crippen LogP contribution is 2.34. The molecule has 0 saturated carbocycles. The molecule has 47 heavy (non-hydrogen) atoms. The number of nitrogens with zero attached hydrogens (tertiary/aromatic N) is 7. The zero-order valence-corrected chi connectivity index (χ0v) is 27.1. The predicted molar refractivity (Wildman–Crippen MR) is 177 cm³/mol. The zero-order chi connectivity index (χ0) is 32.5. The fourth-order valence-electron chi connectivity index (χ4n) is 6.79. The Bertz CT molecular complexity index is 1800. The molecule has 12 nitrogen and oxygen atoms in total. The van der Waals surface area contributed by atoms with Gasteiger partial charge in [0, 0.05) is 51.1 Å². The van der Waals surface area contributed by atoms with Crippen molar-refractivity contribution in [1.29, 1.82) is 0 Å². The Balaban J connectivity index is 0.926. The van der Waals surface area contributed by atoms with Gasteiger partial charge in [-0.25, -0.2) is 27.7 Å². The second kappa shape index (κ2) is 13.5. The summed E-state index contributed by atoms with van der Waals surface area (Å²) in [6, 6.07) is 14.2. The largest absolute Gasteiger partial charge is 0.351 e. The maximum atomic E-state index is 13.5. The minimum Gasteiger partial charge on any atom is -0.351 e. The van der Waals surface area contributed by atoms with Gasteiger partial charge in [0.05, 0.1) is 22.8 Å². The highest BCUT2D eigenvalue weighted by atomic mass is 32.2. The monoisotopic (exact) mass is 659 g/mol. The first-order valence-electron chi connectivity index (χ1n) is 16.1. The van der Waals surface area contributed by atoms with E-state index in [4.69, 9.17) is 0 Å². The number of urea groups is 1. The van der Waals surface area contributed by atoms with E-state index in [2.05, 4.69) is 54.9 Å². The Labute approximate surface area is 274 Å². The first-order valence-corrected chi connectivity index (χ1v) is 17.2. The summed E-state index contributed by atoms with van der Waals surface area (Å²) < 4.78 is 30.4. The molecule has 3 amide bonds. The van der Waals surface area contributed by atoms with Gasteiger partial charge in [0.1, 0.15) is 11.0 Å². The lowest BCUT2D eigenvalue weighted by Gasteiger charge is -2.33. The van der Waals surface area contributed by atoms with Crippen molar-refractivity contribution < 1.29 is 18.2 Å². The molecule has 1 unspecified atom stereocenters. The summed E-state index contributed by atoms with van der Waals surface area (Å²) in [5, 5.41) is 11.2. The van der Waals surface area contributed by atoms with Crippen molar-refractivity contribution in [3.8, 4) is 0 Å². The number of imide groups is 1. The SMILES string of the molecule is Cn1nc(N2CCC(=O)NC2=O)c2ccc(C3CCN(Cc4cccc(S(=O)N5CCC(Nc6ncc(F)cn6)CC5)c4)CC3)cc21. The lowest BCUT2D eigenvalue weighted by Crippen LogP contribution is -2.49. The Morgan fingerprint density at radius 3 is 2.49 bits per heavy atom. The van der Waals surface area contributed by atoms with Gasteiger partial charge in [-0.15, -0.1) is 0 Å². The van der Waals surface area contributed by atoms with Crippen LogP contribution in [-0.2, 0) is 29.4 Å². The number of benzene rings is 2. The molecule has 2 N–H and O–H groups in total. The van der Waals surface area contributed by atoms with E-state index in [1.165, 1.54) is 5.56 Å². The summed E-state index contributed by atoms with van der Waals surface area (Å²) in [4.78, 5) is 36.8. The highest BCUT2D eigenvalue weighted by Gasteiger charge is 2.29. The number of aromatic nitrogens is 4. The molecule has 3 aliphatic rings. The van der Waals surface area contributed by atoms with E-state index >= 15 is 0 Å². The molecule has 246 valence electrons. The molecule has 5 heterocycles. The van der Waals surface area contributed by atoms with E-state index in [-0.39, 0.29) is 18.4 Å². The molecular weight excluding hydrogens is 621 g/mol. The van der Waals surface area contributed by atoms with Crippen molar-refractivity contribution in [3.63, 3.8) is 0 Å². The van der Waals surface area contributed by atoms with Crippen molar-refractivity contribution >= 4 is 45.6 Å². The smallest absolute Gasteiger partial charge is 0.329 e. The van der Waals surface area contributed by atoms with Gasteiger partial charge in [-0.3, -0.25) is 24.6 Å². The molecule has 3 saturated heterocycles. The maximum Gasteiger partial charge on any atom is 0.329 e. The van der Waals surface area contributed by atoms with E-state index < -0.39 is 22.8 Å². The second-order valence-electron chi connectivity index (χ2n) is 12.5. The summed E-state index contributed by atoms with van der Waals surface area (Å²) in [5.41, 5.74) is 3.40. The van der Waals surface area contributed by atoms with Gasteiger partial charge in [-0.1, -0.05) is 18.2 Å². The number of rotatable bonds is 8. The third-order valence-corrected chi connectivity index (χ3v) is 10.9. The predicted octanol–water partition coefficient (Wildman–Crippen LogP) is 3.93. The summed E-state index contributed by atoms with van der Waals surface area (Å²) >= 11 is 0. The first-order chi connectivity index (χ1) is 22.8. The van der Waals surface area contributed by atoms with Crippen LogP contribution in [0.4, 0.5) is 21.0 Å². The number of hydrogen-bond acceptors (Lipinski definition) is 8. The number of fused-ring (bicyclic) bond motifs is 1. The lowest BCUT2D eigenvalue weighted by molar-refractivity contribution is -0.120. The molecule has 0 bridgehead atoms. The van der Waals surface area contributed by atoms with Crippen LogP contribution in [0.3, 0.4) is 0 Å². The number of amides is 3. The highest BCUT2D eigenvalue weighted by molar-refractivity contribution is 7.82. The molecule has 0 aliphatic carbocycles. The standard InChI is InChI=1S/C33H38FN9O3S/c1-40-29-18-24(5-6-28(29)31(39-40)43-16-11-30(44)38-33(43)45)23-7-12-41(13-8-23)21-22-3-2-4-27(17-22)47(46)42-14-9-26(10-15-42)37-32-35-19-25(34)20-36-32/h2-6,17-20,23,26H,7-16,21H2,1H3,(H,35,36,37)(H,38,44,45). The topological polar surface area (TPSA) is 129 Å². The Morgan fingerprint density at radius 2 is 1.74 bits per heavy atom. The minimum atomic E-state index is -1.24. The average Bonchev–Trinajstić information content (AvgIpc) is 3.41. The van der Waals surface area contributed by atoms with Crippen molar-refractivity contribution in [2.45, 2.75) is 55.5 Å². The molecule has 4 aromatic rings. The van der Waals surface area contributed by atoms with Crippen LogP contribution >= 0.6 is 0 Å². The number of carbonyl (C=O) groups excluding carboxylic acids is 2. The molecule has 3 aliphatic heterocycles. The number of piperidine rings is 2. The van der Waals surface area contributed by atoms with E-state index in [0.717, 1.165) is 79.1 Å². The van der Waals surface area contributed by atoms with Gasteiger partial charge in [0.25, 0.3) is 0 Å². The summed E-state index contributed by atoms with van der Waals surface area (Å²) in [7, 11) is 0.646. The van der Waals surface area contributed by atoms with E-state index in [0.29, 0.717) is 37.3 Å². The quantitative estimate of drug-likeness (QED) is 0.291. The average molecular weight is 660 g/mol. The van der Waals surface area contributed by atoms with Crippen LogP contribution in [-0.4, -0.2) is 83.9 Å². The van der Waals surface area contributed by atoms with Crippen LogP contribution in [0.1, 0.15) is 49.1 Å². The van der Waals surface area contributed by atoms with Crippen LogP contribution in [0.5, 0.6) is 0 Å². The van der Waals surface area contributed by atoms with Crippen LogP contribution in [0.2, 0.25) is 0 Å². The van der Waals surface area contributed by atoms with Gasteiger partial charge in [0.2, 0.25) is 11.9 Å². The van der Waals surface area contributed by atoms with Gasteiger partial charge >= 0.3 is 6.03 Å². The maximum absolute atomic E-state index is 13.5. The second-order valence-corrected chi connectivity index (χ2v) is 14.0. The van der Waals surface area contributed by atoms with Gasteiger partial charge in [0.15, 0.2) is 11.6 Å². The van der Waals surface area contributed by atoms with E-state index in [1.54, 1.807) is 4.90 Å². The summed E-state index contributed by atoms with van der Waals surface area (Å²) in [6.45, 7) is 4.43. The number of likely N-dealkylation sites (tertiary alicyclic amines) is 1. The fraction of sp³-hybridized carbons (Fsp3) is 0.424. The number of anilines is 2. The van der Waals surface area contributed by atoms with Crippen LogP contribution in [0.15, 0.2) is 59.8 Å². The molecular formula is C33H38FN9O3S. The normalized spacial score (nSPS) is 19.7. The van der Waals surface area contributed by atoms with E-state index in [9.17, 15) is 18.2 Å². The van der Waals surface area contributed by atoms with Crippen molar-refractivity contribution in [3.05, 3.63) is 71.8 Å². The van der Waals surface area contributed by atoms with Crippen LogP contribution in [0.25, 0.3) is 10.9 Å². The number of nitrogens with one attached hydrogen (secondary N) is 2. The molecule has 3 fully saturated rings. The van der Waals surface area contributed by atoms with Crippen molar-refractivity contribution in [2.24, 2.45) is 7.05 Å². The van der Waals surface area contributed by atoms with Crippen LogP contribution in [0, 0.1) is 5.82 Å². The van der Waals surface area contributed by atoms with Gasteiger partial charge < -0.3 is 5.32 Å². The van der Waals surface area contributed by atoms with E-state index in [1.807, 2.05) is 34.2 Å². The Kier molecular flexibility index (Phi) is 8.97. The molecule has 14 heteroatoms. The number of halogens is 1. The fourth-order valence-corrected chi connectivity index (χ4v) is 8.08. The first kappa shape index (κ1) is 31.3. The van der Waals surface area contributed by atoms with Crippen LogP contribution < -0.4 is 15.5 Å². The number of hydrogen-bond donors (Lipinski definition) is 2. The summed E-state index contributed by atoms with van der Waals surface area (Å²) in [5.74, 6) is 0.696. The molecule has 7 rings (SSSR count). The number of aryl methyl sites for hydroxylation is 1. The molecule has 0 spiro atoms. The lowest BCUT2D eigenvalue weighted by atomic mass is 9.89. The molecule has 2 aromatic heterocycles. The van der Waals surface area contributed by atoms with Crippen molar-refractivity contribution in [2.75, 3.05) is 42.9 Å². The zero-order valence-electron chi connectivity index (χ0n) is 26.3.